The van der Waals surface area contributed by atoms with Crippen LogP contribution in [0.2, 0.25) is 0 Å². The Morgan fingerprint density at radius 1 is 1.30 bits per heavy atom. The highest BCUT2D eigenvalue weighted by Crippen LogP contribution is 2.18. The number of hydrogen-bond acceptors (Lipinski definition) is 2. The van der Waals surface area contributed by atoms with Crippen molar-refractivity contribution in [1.29, 1.82) is 0 Å². The predicted molar refractivity (Wildman–Crippen MR) is 92.9 cm³/mol. The predicted octanol–water partition coefficient (Wildman–Crippen LogP) is 2.64. The minimum absolute atomic E-state index is 0.224. The smallest absolute Gasteiger partial charge is 0.193 e. The van der Waals surface area contributed by atoms with Gasteiger partial charge in [0.05, 0.1) is 11.1 Å². The van der Waals surface area contributed by atoms with Crippen molar-refractivity contribution in [3.63, 3.8) is 0 Å². The first-order chi connectivity index (χ1) is 11.1. The largest absolute Gasteiger partial charge is 0.356 e. The molecular formula is C16H23BrF2N4. The molecule has 7 heteroatoms. The van der Waals surface area contributed by atoms with E-state index in [2.05, 4.69) is 36.0 Å². The molecule has 128 valence electrons. The molecule has 1 N–H and O–H groups in total. The van der Waals surface area contributed by atoms with E-state index in [9.17, 15) is 8.78 Å². The van der Waals surface area contributed by atoms with Gasteiger partial charge in [-0.25, -0.2) is 4.39 Å². The van der Waals surface area contributed by atoms with Crippen molar-refractivity contribution in [3.8, 4) is 0 Å². The second-order valence-electron chi connectivity index (χ2n) is 5.53. The molecule has 4 nitrogen and oxygen atoms in total. The topological polar surface area (TPSA) is 30.9 Å². The molecule has 0 unspecified atom stereocenters. The quantitative estimate of drug-likeness (QED) is 0.477. The maximum absolute atomic E-state index is 13.6. The molecule has 0 spiro atoms. The van der Waals surface area contributed by atoms with Crippen LogP contribution in [0.3, 0.4) is 0 Å². The van der Waals surface area contributed by atoms with Gasteiger partial charge in [-0.2, -0.15) is 0 Å². The van der Waals surface area contributed by atoms with E-state index < -0.39 is 0 Å². The number of guanidine groups is 1. The Balaban J connectivity index is 1.82. The van der Waals surface area contributed by atoms with Crippen LogP contribution in [-0.2, 0) is 6.54 Å². The summed E-state index contributed by atoms with van der Waals surface area (Å²) >= 11 is 3.17. The fourth-order valence-corrected chi connectivity index (χ4v) is 2.86. The molecule has 2 rings (SSSR count). The van der Waals surface area contributed by atoms with Crippen molar-refractivity contribution in [2.45, 2.75) is 13.0 Å². The lowest BCUT2D eigenvalue weighted by atomic mass is 10.2. The first-order valence-electron chi connectivity index (χ1n) is 7.82. The number of piperazine rings is 1. The summed E-state index contributed by atoms with van der Waals surface area (Å²) in [5.74, 6) is 0.603. The van der Waals surface area contributed by atoms with E-state index in [1.54, 1.807) is 19.2 Å². The van der Waals surface area contributed by atoms with E-state index >= 15 is 0 Å². The SMILES string of the molecule is CN=C(NCCCF)N1CCN(Cc2ccc(Br)c(F)c2)CC1. The van der Waals surface area contributed by atoms with Crippen LogP contribution in [0.25, 0.3) is 0 Å². The van der Waals surface area contributed by atoms with Gasteiger partial charge in [-0.3, -0.25) is 14.3 Å². The summed E-state index contributed by atoms with van der Waals surface area (Å²) in [5, 5.41) is 3.18. The van der Waals surface area contributed by atoms with Crippen molar-refractivity contribution in [1.82, 2.24) is 15.1 Å². The van der Waals surface area contributed by atoms with Gasteiger partial charge in [0.1, 0.15) is 5.82 Å². The number of halogens is 3. The summed E-state index contributed by atoms with van der Waals surface area (Å²) < 4.78 is 26.2. The Kier molecular flexibility index (Phi) is 7.23. The van der Waals surface area contributed by atoms with Crippen LogP contribution in [0.15, 0.2) is 27.7 Å². The molecule has 23 heavy (non-hydrogen) atoms. The second kappa shape index (κ2) is 9.17. The van der Waals surface area contributed by atoms with Crippen LogP contribution >= 0.6 is 15.9 Å². The molecule has 1 aromatic carbocycles. The first kappa shape index (κ1) is 18.1. The monoisotopic (exact) mass is 388 g/mol. The van der Waals surface area contributed by atoms with Gasteiger partial charge in [0.15, 0.2) is 5.96 Å². The molecule has 0 bridgehead atoms. The Bertz CT molecular complexity index is 531. The fraction of sp³-hybridized carbons (Fsp3) is 0.562. The number of aliphatic imine (C=N–C) groups is 1. The highest BCUT2D eigenvalue weighted by atomic mass is 79.9. The van der Waals surface area contributed by atoms with Gasteiger partial charge in [0.2, 0.25) is 0 Å². The normalized spacial score (nSPS) is 16.7. The molecule has 0 amide bonds. The standard InChI is InChI=1S/C16H23BrF2N4/c1-20-16(21-6-2-5-18)23-9-7-22(8-10-23)12-13-3-4-14(17)15(19)11-13/h3-4,11H,2,5-10,12H2,1H3,(H,20,21). The first-order valence-corrected chi connectivity index (χ1v) is 8.61. The molecule has 0 atom stereocenters. The summed E-state index contributed by atoms with van der Waals surface area (Å²) in [5.41, 5.74) is 0.976. The highest BCUT2D eigenvalue weighted by molar-refractivity contribution is 9.10. The number of rotatable bonds is 5. The lowest BCUT2D eigenvalue weighted by molar-refractivity contribution is 0.172. The Morgan fingerprint density at radius 3 is 2.65 bits per heavy atom. The molecular weight excluding hydrogens is 366 g/mol. The zero-order valence-corrected chi connectivity index (χ0v) is 15.0. The van der Waals surface area contributed by atoms with Crippen LogP contribution in [0.5, 0.6) is 0 Å². The van der Waals surface area contributed by atoms with E-state index in [-0.39, 0.29) is 12.5 Å². The van der Waals surface area contributed by atoms with Crippen LogP contribution in [-0.4, -0.2) is 62.2 Å². The number of nitrogens with one attached hydrogen (secondary N) is 1. The maximum atomic E-state index is 13.6. The molecule has 1 aliphatic heterocycles. The van der Waals surface area contributed by atoms with Crippen LogP contribution < -0.4 is 5.32 Å². The molecule has 0 aliphatic carbocycles. The minimum Gasteiger partial charge on any atom is -0.356 e. The van der Waals surface area contributed by atoms with Gasteiger partial charge in [-0.05, 0) is 40.0 Å². The zero-order chi connectivity index (χ0) is 16.7. The molecule has 1 fully saturated rings. The Morgan fingerprint density at radius 2 is 2.04 bits per heavy atom. The van der Waals surface area contributed by atoms with E-state index in [0.29, 0.717) is 17.4 Å². The molecule has 1 aromatic rings. The van der Waals surface area contributed by atoms with Crippen molar-refractivity contribution in [2.24, 2.45) is 4.99 Å². The molecule has 0 saturated carbocycles. The summed E-state index contributed by atoms with van der Waals surface area (Å²) in [6.45, 7) is 4.51. The molecule has 0 aromatic heterocycles. The van der Waals surface area contributed by atoms with Crippen LogP contribution in [0.1, 0.15) is 12.0 Å². The van der Waals surface area contributed by atoms with E-state index in [1.165, 1.54) is 0 Å². The highest BCUT2D eigenvalue weighted by Gasteiger charge is 2.19. The maximum Gasteiger partial charge on any atom is 0.193 e. The van der Waals surface area contributed by atoms with Crippen molar-refractivity contribution >= 4 is 21.9 Å². The van der Waals surface area contributed by atoms with Gasteiger partial charge in [0, 0.05) is 46.3 Å². The number of nitrogens with zero attached hydrogens (tertiary/aromatic N) is 3. The number of alkyl halides is 1. The number of benzene rings is 1. The van der Waals surface area contributed by atoms with Gasteiger partial charge in [-0.15, -0.1) is 0 Å². The fourth-order valence-electron chi connectivity index (χ4n) is 2.61. The average molecular weight is 389 g/mol. The summed E-state index contributed by atoms with van der Waals surface area (Å²) in [4.78, 5) is 8.73. The Hall–Kier alpha value is -1.21. The minimum atomic E-state index is -0.318. The van der Waals surface area contributed by atoms with Crippen molar-refractivity contribution in [2.75, 3.05) is 46.4 Å². The third-order valence-corrected chi connectivity index (χ3v) is 4.51. The van der Waals surface area contributed by atoms with Crippen molar-refractivity contribution in [3.05, 3.63) is 34.1 Å². The molecule has 0 radical (unpaired) electrons. The lowest BCUT2D eigenvalue weighted by Crippen LogP contribution is -2.52. The Labute approximate surface area is 144 Å². The van der Waals surface area contributed by atoms with E-state index in [1.807, 2.05) is 6.07 Å². The van der Waals surface area contributed by atoms with Gasteiger partial charge in [-0.1, -0.05) is 6.07 Å². The zero-order valence-electron chi connectivity index (χ0n) is 13.4. The summed E-state index contributed by atoms with van der Waals surface area (Å²) in [6, 6.07) is 5.27. The van der Waals surface area contributed by atoms with E-state index in [4.69, 9.17) is 0 Å². The average Bonchev–Trinajstić information content (AvgIpc) is 2.56. The van der Waals surface area contributed by atoms with Gasteiger partial charge < -0.3 is 10.2 Å². The lowest BCUT2D eigenvalue weighted by Gasteiger charge is -2.36. The van der Waals surface area contributed by atoms with Gasteiger partial charge >= 0.3 is 0 Å². The summed E-state index contributed by atoms with van der Waals surface area (Å²) in [6.07, 6.45) is 0.494. The van der Waals surface area contributed by atoms with Gasteiger partial charge in [0.25, 0.3) is 0 Å². The van der Waals surface area contributed by atoms with Crippen LogP contribution in [0, 0.1) is 5.82 Å². The van der Waals surface area contributed by atoms with Crippen molar-refractivity contribution < 1.29 is 8.78 Å². The second-order valence-corrected chi connectivity index (χ2v) is 6.38. The molecule has 1 heterocycles. The van der Waals surface area contributed by atoms with Crippen LogP contribution in [0.4, 0.5) is 8.78 Å². The number of hydrogen-bond donors (Lipinski definition) is 1. The molecule has 1 aliphatic rings. The third-order valence-electron chi connectivity index (χ3n) is 3.87. The third kappa shape index (κ3) is 5.42. The summed E-state index contributed by atoms with van der Waals surface area (Å²) in [7, 11) is 1.74. The van der Waals surface area contributed by atoms with E-state index in [0.717, 1.165) is 44.2 Å². The molecule has 1 saturated heterocycles.